The number of hydrogen-bond donors (Lipinski definition) is 0. The first kappa shape index (κ1) is 42.0. The second-order valence-corrected chi connectivity index (χ2v) is 19.4. The molecule has 74 heavy (non-hydrogen) atoms. The Hall–Kier alpha value is -9.77. The van der Waals surface area contributed by atoms with Crippen LogP contribution >= 0.6 is 0 Å². The number of rotatable bonds is 7. The Morgan fingerprint density at radius 2 is 0.689 bits per heavy atom. The van der Waals surface area contributed by atoms with Gasteiger partial charge in [-0.25, -0.2) is 15.0 Å². The van der Waals surface area contributed by atoms with E-state index in [4.69, 9.17) is 19.4 Å². The molecule has 0 radical (unpaired) electrons. The minimum Gasteiger partial charge on any atom is -0.456 e. The molecule has 2 heterocycles. The number of fused-ring (bicyclic) bond motifs is 13. The van der Waals surface area contributed by atoms with Gasteiger partial charge in [0.1, 0.15) is 11.2 Å². The van der Waals surface area contributed by atoms with E-state index in [9.17, 15) is 0 Å². The van der Waals surface area contributed by atoms with Gasteiger partial charge >= 0.3 is 0 Å². The van der Waals surface area contributed by atoms with Crippen molar-refractivity contribution in [3.05, 3.63) is 283 Å². The average molecular weight is 942 g/mol. The van der Waals surface area contributed by atoms with Crippen LogP contribution in [0.4, 0.5) is 0 Å². The zero-order chi connectivity index (χ0) is 48.7. The van der Waals surface area contributed by atoms with E-state index in [2.05, 4.69) is 237 Å². The van der Waals surface area contributed by atoms with Crippen molar-refractivity contribution in [2.75, 3.05) is 0 Å². The van der Waals surface area contributed by atoms with Gasteiger partial charge in [-0.1, -0.05) is 237 Å². The Morgan fingerprint density at radius 3 is 1.39 bits per heavy atom. The third kappa shape index (κ3) is 6.45. The van der Waals surface area contributed by atoms with Crippen molar-refractivity contribution in [3.8, 4) is 101 Å². The van der Waals surface area contributed by atoms with Gasteiger partial charge in [-0.15, -0.1) is 0 Å². The van der Waals surface area contributed by atoms with Crippen LogP contribution in [0.15, 0.2) is 265 Å². The summed E-state index contributed by atoms with van der Waals surface area (Å²) in [5, 5.41) is 1.96. The maximum Gasteiger partial charge on any atom is 0.164 e. The van der Waals surface area contributed by atoms with Crippen LogP contribution in [0.1, 0.15) is 22.3 Å². The summed E-state index contributed by atoms with van der Waals surface area (Å²) < 4.78 is 6.62. The second-order valence-electron chi connectivity index (χ2n) is 19.4. The molecule has 11 aromatic carbocycles. The maximum absolute atomic E-state index is 6.62. The number of benzene rings is 11. The predicted octanol–water partition coefficient (Wildman–Crippen LogP) is 17.8. The van der Waals surface area contributed by atoms with Crippen molar-refractivity contribution in [2.24, 2.45) is 0 Å². The van der Waals surface area contributed by atoms with E-state index in [1.54, 1.807) is 0 Å². The number of nitrogens with zero attached hydrogens (tertiary/aromatic N) is 3. The third-order valence-corrected chi connectivity index (χ3v) is 15.4. The second kappa shape index (κ2) is 16.7. The first-order chi connectivity index (χ1) is 36.7. The third-order valence-electron chi connectivity index (χ3n) is 15.4. The molecule has 0 atom stereocenters. The van der Waals surface area contributed by atoms with Gasteiger partial charge in [-0.3, -0.25) is 0 Å². The molecule has 0 N–H and O–H groups in total. The van der Waals surface area contributed by atoms with Crippen LogP contribution in [0, 0.1) is 0 Å². The lowest BCUT2D eigenvalue weighted by atomic mass is 9.70. The van der Waals surface area contributed by atoms with Crippen molar-refractivity contribution >= 4 is 21.9 Å². The first-order valence-electron chi connectivity index (χ1n) is 25.2. The molecule has 15 rings (SSSR count). The Bertz CT molecular complexity index is 4300. The largest absolute Gasteiger partial charge is 0.456 e. The van der Waals surface area contributed by atoms with Crippen molar-refractivity contribution in [2.45, 2.75) is 5.41 Å². The molecule has 0 saturated carbocycles. The molecule has 0 unspecified atom stereocenters. The summed E-state index contributed by atoms with van der Waals surface area (Å²) in [5.41, 5.74) is 23.6. The van der Waals surface area contributed by atoms with E-state index >= 15 is 0 Å². The van der Waals surface area contributed by atoms with Gasteiger partial charge in [0.2, 0.25) is 0 Å². The van der Waals surface area contributed by atoms with Crippen LogP contribution in [0.25, 0.3) is 123 Å². The van der Waals surface area contributed by atoms with Gasteiger partial charge < -0.3 is 4.42 Å². The molecule has 0 saturated heterocycles. The summed E-state index contributed by atoms with van der Waals surface area (Å²) in [4.78, 5) is 15.7. The molecule has 13 aromatic rings. The topological polar surface area (TPSA) is 51.8 Å². The highest BCUT2D eigenvalue weighted by atomic mass is 16.3. The monoisotopic (exact) mass is 941 g/mol. The van der Waals surface area contributed by atoms with Crippen LogP contribution in [-0.2, 0) is 5.41 Å². The number of aromatic nitrogens is 3. The van der Waals surface area contributed by atoms with E-state index in [0.29, 0.717) is 17.5 Å². The molecule has 0 bridgehead atoms. The normalized spacial score (nSPS) is 12.7. The number of furan rings is 1. The molecule has 4 nitrogen and oxygen atoms in total. The van der Waals surface area contributed by atoms with Gasteiger partial charge in [-0.05, 0) is 113 Å². The molecule has 2 aromatic heterocycles. The SMILES string of the molecule is c1ccc(-c2ccc(-c3nc(-c4cccc(-c5ccccc5)c4)nc(-c4cccc5oc6ccc(-c7ccc(-c8cccc9c8-c8ccccc8C98c9ccccc9-c9ccccc98)cc7)cc6c45)n3)cc2)cc1. The Balaban J connectivity index is 0.837. The van der Waals surface area contributed by atoms with Crippen LogP contribution < -0.4 is 0 Å². The predicted molar refractivity (Wildman–Crippen MR) is 301 cm³/mol. The van der Waals surface area contributed by atoms with Crippen molar-refractivity contribution < 1.29 is 4.42 Å². The zero-order valence-corrected chi connectivity index (χ0v) is 40.1. The fourth-order valence-electron chi connectivity index (χ4n) is 12.1. The van der Waals surface area contributed by atoms with E-state index in [1.165, 1.54) is 55.6 Å². The van der Waals surface area contributed by atoms with Crippen LogP contribution in [0.3, 0.4) is 0 Å². The molecule has 0 amide bonds. The van der Waals surface area contributed by atoms with E-state index < -0.39 is 0 Å². The quantitative estimate of drug-likeness (QED) is 0.160. The molecular formula is C70H43N3O. The van der Waals surface area contributed by atoms with Gasteiger partial charge in [0, 0.05) is 27.5 Å². The molecule has 344 valence electrons. The first-order valence-corrected chi connectivity index (χ1v) is 25.2. The standard InChI is InChI=1S/C70H43N3O/c1-3-16-44(17-4-1)46-34-38-49(39-35-46)67-71-68(52-21-13-20-50(42-52)45-18-5-2-6-19-45)73-69(72-67)57-26-15-31-64-66(57)58-43-51(40-41-63(58)74-64)47-32-36-48(37-33-47)53-25-14-30-62-65(53)56-24-9-12-29-61(56)70(62)59-27-10-7-22-54(59)55-23-8-11-28-60(55)70/h1-43H. The molecule has 4 heteroatoms. The van der Waals surface area contributed by atoms with Crippen LogP contribution in [-0.4, -0.2) is 15.0 Å². The summed E-state index contributed by atoms with van der Waals surface area (Å²) in [6, 6.07) is 93.4. The van der Waals surface area contributed by atoms with E-state index in [-0.39, 0.29) is 5.41 Å². The minimum absolute atomic E-state index is 0.386. The van der Waals surface area contributed by atoms with Gasteiger partial charge in [0.15, 0.2) is 17.5 Å². The zero-order valence-electron chi connectivity index (χ0n) is 40.1. The van der Waals surface area contributed by atoms with Gasteiger partial charge in [0.25, 0.3) is 0 Å². The lowest BCUT2D eigenvalue weighted by Gasteiger charge is -2.30. The molecular weight excluding hydrogens is 899 g/mol. The highest BCUT2D eigenvalue weighted by Crippen LogP contribution is 2.64. The van der Waals surface area contributed by atoms with Crippen molar-refractivity contribution in [1.82, 2.24) is 15.0 Å². The Morgan fingerprint density at radius 1 is 0.257 bits per heavy atom. The minimum atomic E-state index is -0.386. The summed E-state index contributed by atoms with van der Waals surface area (Å²) in [6.07, 6.45) is 0. The summed E-state index contributed by atoms with van der Waals surface area (Å²) in [5.74, 6) is 1.77. The lowest BCUT2D eigenvalue weighted by molar-refractivity contribution is 0.669. The lowest BCUT2D eigenvalue weighted by Crippen LogP contribution is -2.25. The highest BCUT2D eigenvalue weighted by molar-refractivity contribution is 6.13. The molecule has 2 aliphatic carbocycles. The fraction of sp³-hybridized carbons (Fsp3) is 0.0143. The van der Waals surface area contributed by atoms with Gasteiger partial charge in [-0.2, -0.15) is 0 Å². The van der Waals surface area contributed by atoms with E-state index in [0.717, 1.165) is 72.0 Å². The summed E-state index contributed by atoms with van der Waals surface area (Å²) in [6.45, 7) is 0. The Kier molecular flexibility index (Phi) is 9.45. The summed E-state index contributed by atoms with van der Waals surface area (Å²) >= 11 is 0. The smallest absolute Gasteiger partial charge is 0.164 e. The van der Waals surface area contributed by atoms with Crippen molar-refractivity contribution in [1.29, 1.82) is 0 Å². The number of hydrogen-bond acceptors (Lipinski definition) is 4. The fourth-order valence-corrected chi connectivity index (χ4v) is 12.1. The average Bonchev–Trinajstić information content (AvgIpc) is 4.24. The maximum atomic E-state index is 6.62. The molecule has 0 fully saturated rings. The van der Waals surface area contributed by atoms with Crippen molar-refractivity contribution in [3.63, 3.8) is 0 Å². The highest BCUT2D eigenvalue weighted by Gasteiger charge is 2.52. The molecule has 0 aliphatic heterocycles. The molecule has 2 aliphatic rings. The van der Waals surface area contributed by atoms with Crippen LogP contribution in [0.5, 0.6) is 0 Å². The Labute approximate surface area is 428 Å². The molecule has 1 spiro atoms. The van der Waals surface area contributed by atoms with Crippen LogP contribution in [0.2, 0.25) is 0 Å². The van der Waals surface area contributed by atoms with Gasteiger partial charge in [0.05, 0.1) is 5.41 Å². The van der Waals surface area contributed by atoms with E-state index in [1.807, 2.05) is 24.3 Å². The summed E-state index contributed by atoms with van der Waals surface area (Å²) in [7, 11) is 0.